The van der Waals surface area contributed by atoms with Crippen LogP contribution in [0.4, 0.5) is 11.5 Å². The molecule has 9 nitrogen and oxygen atoms in total. The van der Waals surface area contributed by atoms with Crippen LogP contribution < -0.4 is 19.5 Å². The van der Waals surface area contributed by atoms with Crippen LogP contribution in [0.3, 0.4) is 0 Å². The number of hydrogen-bond donors (Lipinski definition) is 2. The summed E-state index contributed by atoms with van der Waals surface area (Å²) >= 11 is 4.69. The Hall–Kier alpha value is -3.47. The fourth-order valence-corrected chi connectivity index (χ4v) is 4.37. The fourth-order valence-electron chi connectivity index (χ4n) is 3.30. The van der Waals surface area contributed by atoms with Crippen molar-refractivity contribution in [3.05, 3.63) is 65.6 Å². The van der Waals surface area contributed by atoms with Gasteiger partial charge in [-0.2, -0.15) is 4.72 Å². The second kappa shape index (κ2) is 9.57. The largest absolute Gasteiger partial charge is 0.588 e. The number of aromatic nitrogens is 3. The summed E-state index contributed by atoms with van der Waals surface area (Å²) in [4.78, 5) is 21.6. The molecule has 0 fully saturated rings. The second-order valence-corrected chi connectivity index (χ2v) is 8.51. The van der Waals surface area contributed by atoms with Gasteiger partial charge in [0, 0.05) is 24.2 Å². The minimum Gasteiger partial charge on any atom is -0.588 e. The van der Waals surface area contributed by atoms with E-state index in [0.29, 0.717) is 49.6 Å². The summed E-state index contributed by atoms with van der Waals surface area (Å²) in [6.07, 6.45) is 1.38. The standard InChI is InChI=1S/C22H20ClN5O4S/c1-28-18(22(29)27-33(30)14-6-4-13(31-2)5-7-14)10-15-17(9-8-16(23)21(15)28)26-19-11-20(32-3)25-12-24-19/h4-12H,1-3H3,(H,27,29)(H,24,25,26). The van der Waals surface area contributed by atoms with E-state index in [9.17, 15) is 9.35 Å². The second-order valence-electron chi connectivity index (χ2n) is 6.89. The molecule has 33 heavy (non-hydrogen) atoms. The van der Waals surface area contributed by atoms with Crippen LogP contribution in [0.5, 0.6) is 11.6 Å². The lowest BCUT2D eigenvalue weighted by Crippen LogP contribution is -2.31. The zero-order valence-corrected chi connectivity index (χ0v) is 19.5. The molecule has 0 radical (unpaired) electrons. The van der Waals surface area contributed by atoms with Gasteiger partial charge in [0.2, 0.25) is 5.88 Å². The fraction of sp³-hybridized carbons (Fsp3) is 0.136. The molecular weight excluding hydrogens is 466 g/mol. The van der Waals surface area contributed by atoms with Crippen LogP contribution in [0.25, 0.3) is 10.9 Å². The van der Waals surface area contributed by atoms with E-state index in [-0.39, 0.29) is 0 Å². The summed E-state index contributed by atoms with van der Waals surface area (Å²) in [5.41, 5.74) is 1.62. The lowest BCUT2D eigenvalue weighted by atomic mass is 10.2. The number of hydrogen-bond acceptors (Lipinski definition) is 7. The van der Waals surface area contributed by atoms with E-state index in [2.05, 4.69) is 20.0 Å². The number of rotatable bonds is 7. The van der Waals surface area contributed by atoms with E-state index in [4.69, 9.17) is 21.1 Å². The Morgan fingerprint density at radius 1 is 1.09 bits per heavy atom. The summed E-state index contributed by atoms with van der Waals surface area (Å²) in [5.74, 6) is 1.05. The molecule has 0 aliphatic rings. The number of carbonyl (C=O) groups is 1. The number of nitrogens with zero attached hydrogens (tertiary/aromatic N) is 3. The molecule has 170 valence electrons. The Balaban J connectivity index is 1.64. The summed E-state index contributed by atoms with van der Waals surface area (Å²) in [6.45, 7) is 0. The van der Waals surface area contributed by atoms with Gasteiger partial charge in [0.05, 0.1) is 24.8 Å². The topological polar surface area (TPSA) is 113 Å². The number of aryl methyl sites for hydroxylation is 1. The molecule has 0 aliphatic carbocycles. The van der Waals surface area contributed by atoms with E-state index in [1.54, 1.807) is 67.3 Å². The van der Waals surface area contributed by atoms with Gasteiger partial charge in [-0.15, -0.1) is 0 Å². The Morgan fingerprint density at radius 2 is 1.85 bits per heavy atom. The highest BCUT2D eigenvalue weighted by Gasteiger charge is 2.22. The van der Waals surface area contributed by atoms with Crippen LogP contribution in [0.1, 0.15) is 10.5 Å². The number of anilines is 2. The molecule has 4 rings (SSSR count). The van der Waals surface area contributed by atoms with Gasteiger partial charge < -0.3 is 23.9 Å². The van der Waals surface area contributed by atoms with Gasteiger partial charge in [0.15, 0.2) is 4.90 Å². The first kappa shape index (κ1) is 22.7. The SMILES string of the molecule is COc1ccc([S+]([O-])NC(=O)c2cc3c(Nc4cc(OC)ncn4)ccc(Cl)c3n2C)cc1. The number of amides is 1. The highest BCUT2D eigenvalue weighted by Crippen LogP contribution is 2.34. The molecule has 0 bridgehead atoms. The lowest BCUT2D eigenvalue weighted by molar-refractivity contribution is 0.0973. The maximum atomic E-state index is 13.0. The average Bonchev–Trinajstić information content (AvgIpc) is 3.19. The first-order valence-electron chi connectivity index (χ1n) is 9.69. The molecule has 0 saturated carbocycles. The Labute approximate surface area is 198 Å². The summed E-state index contributed by atoms with van der Waals surface area (Å²) in [6, 6.07) is 13.5. The van der Waals surface area contributed by atoms with E-state index in [1.807, 2.05) is 0 Å². The predicted molar refractivity (Wildman–Crippen MR) is 127 cm³/mol. The van der Waals surface area contributed by atoms with Crippen molar-refractivity contribution in [1.29, 1.82) is 0 Å². The van der Waals surface area contributed by atoms with Gasteiger partial charge in [-0.1, -0.05) is 11.6 Å². The van der Waals surface area contributed by atoms with Crippen molar-refractivity contribution in [2.75, 3.05) is 19.5 Å². The van der Waals surface area contributed by atoms with Gasteiger partial charge in [0.25, 0.3) is 0 Å². The van der Waals surface area contributed by atoms with Crippen molar-refractivity contribution in [2.24, 2.45) is 7.05 Å². The van der Waals surface area contributed by atoms with E-state index < -0.39 is 17.3 Å². The minimum atomic E-state index is -1.75. The van der Waals surface area contributed by atoms with Crippen LogP contribution >= 0.6 is 11.6 Å². The molecule has 0 aliphatic heterocycles. The molecule has 0 spiro atoms. The molecule has 4 aromatic rings. The normalized spacial score (nSPS) is 11.8. The van der Waals surface area contributed by atoms with Gasteiger partial charge in [-0.05, 0) is 42.5 Å². The lowest BCUT2D eigenvalue weighted by Gasteiger charge is -2.11. The van der Waals surface area contributed by atoms with E-state index in [0.717, 1.165) is 0 Å². The average molecular weight is 486 g/mol. The van der Waals surface area contributed by atoms with Crippen LogP contribution in [-0.2, 0) is 18.4 Å². The third kappa shape index (κ3) is 4.68. The van der Waals surface area contributed by atoms with Crippen LogP contribution in [0, 0.1) is 0 Å². The molecule has 2 heterocycles. The maximum Gasteiger partial charge on any atom is 0.309 e. The number of ether oxygens (including phenoxy) is 2. The highest BCUT2D eigenvalue weighted by atomic mass is 35.5. The maximum absolute atomic E-state index is 13.0. The number of fused-ring (bicyclic) bond motifs is 1. The molecule has 1 amide bonds. The van der Waals surface area contributed by atoms with E-state index in [1.165, 1.54) is 13.4 Å². The summed E-state index contributed by atoms with van der Waals surface area (Å²) < 4.78 is 27.1. The zero-order chi connectivity index (χ0) is 23.5. The summed E-state index contributed by atoms with van der Waals surface area (Å²) in [5, 5.41) is 4.36. The summed E-state index contributed by atoms with van der Waals surface area (Å²) in [7, 11) is 4.78. The third-order valence-corrected chi connectivity index (χ3v) is 6.33. The van der Waals surface area contributed by atoms with Gasteiger partial charge in [-0.25, -0.2) is 9.97 Å². The minimum absolute atomic E-state index is 0.295. The Bertz CT molecular complexity index is 1310. The van der Waals surface area contributed by atoms with Gasteiger partial charge in [0.1, 0.15) is 35.0 Å². The van der Waals surface area contributed by atoms with Crippen molar-refractivity contribution in [3.8, 4) is 11.6 Å². The van der Waals surface area contributed by atoms with Gasteiger partial charge >= 0.3 is 5.91 Å². The van der Waals surface area contributed by atoms with E-state index >= 15 is 0 Å². The molecule has 1 unspecified atom stereocenters. The first-order chi connectivity index (χ1) is 15.9. The predicted octanol–water partition coefficient (Wildman–Crippen LogP) is 3.84. The Kier molecular flexibility index (Phi) is 6.59. The quantitative estimate of drug-likeness (QED) is 0.382. The zero-order valence-electron chi connectivity index (χ0n) is 18.0. The monoisotopic (exact) mass is 485 g/mol. The smallest absolute Gasteiger partial charge is 0.309 e. The number of methoxy groups -OCH3 is 2. The molecular formula is C22H20ClN5O4S. The third-order valence-electron chi connectivity index (χ3n) is 4.95. The van der Waals surface area contributed by atoms with Crippen LogP contribution in [-0.4, -0.2) is 39.2 Å². The van der Waals surface area contributed by atoms with Crippen molar-refractivity contribution < 1.29 is 18.8 Å². The first-order valence-corrected chi connectivity index (χ1v) is 11.2. The molecule has 0 saturated heterocycles. The van der Waals surface area contributed by atoms with Crippen LogP contribution in [0.15, 0.2) is 59.8 Å². The van der Waals surface area contributed by atoms with Crippen LogP contribution in [0.2, 0.25) is 5.02 Å². The molecule has 1 atom stereocenters. The number of benzene rings is 2. The molecule has 2 aromatic carbocycles. The van der Waals surface area contributed by atoms with Crippen molar-refractivity contribution >= 4 is 51.3 Å². The molecule has 2 aromatic heterocycles. The molecule has 2 N–H and O–H groups in total. The number of nitrogens with one attached hydrogen (secondary N) is 2. The highest BCUT2D eigenvalue weighted by molar-refractivity contribution is 7.90. The molecule has 11 heteroatoms. The van der Waals surface area contributed by atoms with Crippen molar-refractivity contribution in [2.45, 2.75) is 4.90 Å². The van der Waals surface area contributed by atoms with Crippen molar-refractivity contribution in [3.63, 3.8) is 0 Å². The number of carbonyl (C=O) groups excluding carboxylic acids is 1. The van der Waals surface area contributed by atoms with Crippen molar-refractivity contribution in [1.82, 2.24) is 19.3 Å². The van der Waals surface area contributed by atoms with Gasteiger partial charge in [-0.3, -0.25) is 4.79 Å². The number of halogens is 1. The Morgan fingerprint density at radius 3 is 2.55 bits per heavy atom.